The van der Waals surface area contributed by atoms with Crippen LogP contribution >= 0.6 is 0 Å². The topological polar surface area (TPSA) is 40.6 Å². The van der Waals surface area contributed by atoms with Crippen molar-refractivity contribution in [3.63, 3.8) is 0 Å². The molecule has 0 amide bonds. The third-order valence-corrected chi connectivity index (χ3v) is 7.59. The Morgan fingerprint density at radius 3 is 2.39 bits per heavy atom. The zero-order chi connectivity index (χ0) is 19.1. The summed E-state index contributed by atoms with van der Waals surface area (Å²) >= 11 is 0. The van der Waals surface area contributed by atoms with Crippen LogP contribution in [0.25, 0.3) is 16.3 Å². The molecule has 142 valence electrons. The first-order chi connectivity index (χ1) is 13.6. The molecule has 3 aromatic rings. The summed E-state index contributed by atoms with van der Waals surface area (Å²) in [5.74, 6) is 0. The van der Waals surface area contributed by atoms with Gasteiger partial charge in [-0.05, 0) is 35.1 Å². The van der Waals surface area contributed by atoms with E-state index in [4.69, 9.17) is 0 Å². The Balaban J connectivity index is 1.33. The molecule has 0 saturated heterocycles. The molecule has 5 heteroatoms. The predicted molar refractivity (Wildman–Crippen MR) is 114 cm³/mol. The number of hydrogen-bond donors (Lipinski definition) is 0. The van der Waals surface area contributed by atoms with Crippen molar-refractivity contribution >= 4 is 32.1 Å². The molecule has 2 aliphatic rings. The second kappa shape index (κ2) is 6.76. The molecular formula is C23H22N2O2S. The Bertz CT molecular complexity index is 1160. The van der Waals surface area contributed by atoms with E-state index in [1.807, 2.05) is 36.4 Å². The largest absolute Gasteiger partial charge is 0.298 e. The van der Waals surface area contributed by atoms with Gasteiger partial charge in [0, 0.05) is 31.6 Å². The minimum atomic E-state index is -3.46. The van der Waals surface area contributed by atoms with E-state index < -0.39 is 10.0 Å². The fourth-order valence-corrected chi connectivity index (χ4v) is 5.96. The van der Waals surface area contributed by atoms with E-state index in [-0.39, 0.29) is 0 Å². The molecule has 5 rings (SSSR count). The zero-order valence-corrected chi connectivity index (χ0v) is 16.4. The number of anilines is 1. The molecule has 0 radical (unpaired) electrons. The van der Waals surface area contributed by atoms with Crippen LogP contribution in [0.2, 0.25) is 0 Å². The summed E-state index contributed by atoms with van der Waals surface area (Å²) in [6.45, 7) is 3.01. The minimum absolute atomic E-state index is 0.436. The quantitative estimate of drug-likeness (QED) is 0.672. The molecule has 0 N–H and O–H groups in total. The van der Waals surface area contributed by atoms with E-state index >= 15 is 0 Å². The Morgan fingerprint density at radius 2 is 1.64 bits per heavy atom. The van der Waals surface area contributed by atoms with Gasteiger partial charge in [-0.1, -0.05) is 60.7 Å². The van der Waals surface area contributed by atoms with Crippen molar-refractivity contribution in [3.05, 3.63) is 78.4 Å². The Hall–Kier alpha value is -2.63. The highest BCUT2D eigenvalue weighted by molar-refractivity contribution is 7.93. The third-order valence-electron chi connectivity index (χ3n) is 5.74. The Labute approximate surface area is 165 Å². The lowest BCUT2D eigenvalue weighted by Gasteiger charge is -2.28. The highest BCUT2D eigenvalue weighted by atomic mass is 32.2. The van der Waals surface area contributed by atoms with Gasteiger partial charge < -0.3 is 0 Å². The molecule has 0 fully saturated rings. The summed E-state index contributed by atoms with van der Waals surface area (Å²) in [6, 6.07) is 21.8. The minimum Gasteiger partial charge on any atom is -0.298 e. The SMILES string of the molecule is O=S1(=O)c2cccc3cccc(c23)N1CCN1CC=C(c2ccccc2)CC1. The van der Waals surface area contributed by atoms with Crippen molar-refractivity contribution in [2.45, 2.75) is 11.3 Å². The lowest BCUT2D eigenvalue weighted by Crippen LogP contribution is -2.38. The third kappa shape index (κ3) is 2.82. The van der Waals surface area contributed by atoms with Crippen LogP contribution in [0.15, 0.2) is 77.7 Å². The standard InChI is InChI=1S/C23H22N2O2S/c26-28(27)22-11-5-9-20-8-4-10-21(23(20)22)25(28)17-16-24-14-12-19(13-15-24)18-6-2-1-3-7-18/h1-12H,13-17H2. The highest BCUT2D eigenvalue weighted by Gasteiger charge is 2.35. The fraction of sp³-hybridized carbons (Fsp3) is 0.217. The number of sulfonamides is 1. The Kier molecular flexibility index (Phi) is 4.22. The maximum Gasteiger partial charge on any atom is 0.265 e. The number of benzene rings is 3. The lowest BCUT2D eigenvalue weighted by atomic mass is 10.00. The second-order valence-electron chi connectivity index (χ2n) is 7.35. The van der Waals surface area contributed by atoms with Crippen molar-refractivity contribution in [1.29, 1.82) is 0 Å². The van der Waals surface area contributed by atoms with Crippen molar-refractivity contribution in [2.24, 2.45) is 0 Å². The average molecular weight is 391 g/mol. The molecule has 0 saturated carbocycles. The first-order valence-electron chi connectivity index (χ1n) is 9.66. The van der Waals surface area contributed by atoms with E-state index in [1.165, 1.54) is 11.1 Å². The van der Waals surface area contributed by atoms with E-state index in [9.17, 15) is 8.42 Å². The number of rotatable bonds is 4. The van der Waals surface area contributed by atoms with E-state index in [0.717, 1.165) is 42.5 Å². The summed E-state index contributed by atoms with van der Waals surface area (Å²) in [6.07, 6.45) is 3.26. The second-order valence-corrected chi connectivity index (χ2v) is 9.19. The number of nitrogens with zero attached hydrogens (tertiary/aromatic N) is 2. The van der Waals surface area contributed by atoms with Gasteiger partial charge in [-0.3, -0.25) is 9.21 Å². The molecule has 0 unspecified atom stereocenters. The van der Waals surface area contributed by atoms with Gasteiger partial charge in [0.15, 0.2) is 0 Å². The summed E-state index contributed by atoms with van der Waals surface area (Å²) < 4.78 is 27.7. The summed E-state index contributed by atoms with van der Waals surface area (Å²) in [7, 11) is -3.46. The van der Waals surface area contributed by atoms with Crippen LogP contribution in [0.5, 0.6) is 0 Å². The smallest absolute Gasteiger partial charge is 0.265 e. The maximum absolute atomic E-state index is 13.1. The molecule has 3 aromatic carbocycles. The molecular weight excluding hydrogens is 368 g/mol. The summed E-state index contributed by atoms with van der Waals surface area (Å²) in [5, 5.41) is 1.84. The molecule has 4 nitrogen and oxygen atoms in total. The van der Waals surface area contributed by atoms with Crippen LogP contribution in [-0.2, 0) is 10.0 Å². The Morgan fingerprint density at radius 1 is 0.857 bits per heavy atom. The van der Waals surface area contributed by atoms with Gasteiger partial charge in [-0.25, -0.2) is 8.42 Å². The molecule has 0 atom stereocenters. The normalized spacial score (nSPS) is 18.4. The van der Waals surface area contributed by atoms with Gasteiger partial charge in [-0.15, -0.1) is 0 Å². The average Bonchev–Trinajstić information content (AvgIpc) is 2.96. The molecule has 0 spiro atoms. The van der Waals surface area contributed by atoms with Crippen molar-refractivity contribution in [3.8, 4) is 0 Å². The molecule has 0 aromatic heterocycles. The van der Waals surface area contributed by atoms with Crippen molar-refractivity contribution in [2.75, 3.05) is 30.5 Å². The predicted octanol–water partition coefficient (Wildman–Crippen LogP) is 4.14. The van der Waals surface area contributed by atoms with Gasteiger partial charge in [0.2, 0.25) is 0 Å². The lowest BCUT2D eigenvalue weighted by molar-refractivity contribution is 0.311. The number of hydrogen-bond acceptors (Lipinski definition) is 3. The van der Waals surface area contributed by atoms with Gasteiger partial charge in [0.05, 0.1) is 10.6 Å². The van der Waals surface area contributed by atoms with Crippen molar-refractivity contribution in [1.82, 2.24) is 4.90 Å². The van der Waals surface area contributed by atoms with Gasteiger partial charge in [0.1, 0.15) is 0 Å². The molecule has 28 heavy (non-hydrogen) atoms. The van der Waals surface area contributed by atoms with Crippen LogP contribution in [0, 0.1) is 0 Å². The van der Waals surface area contributed by atoms with Crippen LogP contribution in [-0.4, -0.2) is 39.5 Å². The highest BCUT2D eigenvalue weighted by Crippen LogP contribution is 2.41. The van der Waals surface area contributed by atoms with Crippen LogP contribution in [0.3, 0.4) is 0 Å². The molecule has 2 aliphatic heterocycles. The van der Waals surface area contributed by atoms with E-state index in [0.29, 0.717) is 11.4 Å². The molecule has 0 aliphatic carbocycles. The monoisotopic (exact) mass is 390 g/mol. The summed E-state index contributed by atoms with van der Waals surface area (Å²) in [4.78, 5) is 2.76. The fourth-order valence-electron chi connectivity index (χ4n) is 4.26. The van der Waals surface area contributed by atoms with Gasteiger partial charge in [0.25, 0.3) is 10.0 Å². The first kappa shape index (κ1) is 17.5. The molecule has 2 heterocycles. The zero-order valence-electron chi connectivity index (χ0n) is 15.6. The van der Waals surface area contributed by atoms with Crippen LogP contribution < -0.4 is 4.31 Å². The maximum atomic E-state index is 13.1. The van der Waals surface area contributed by atoms with Crippen molar-refractivity contribution < 1.29 is 8.42 Å². The molecule has 0 bridgehead atoms. The van der Waals surface area contributed by atoms with Gasteiger partial charge >= 0.3 is 0 Å². The van der Waals surface area contributed by atoms with E-state index in [2.05, 4.69) is 35.2 Å². The van der Waals surface area contributed by atoms with Crippen LogP contribution in [0.4, 0.5) is 5.69 Å². The van der Waals surface area contributed by atoms with E-state index in [1.54, 1.807) is 10.4 Å². The van der Waals surface area contributed by atoms with Crippen LogP contribution in [0.1, 0.15) is 12.0 Å². The first-order valence-corrected chi connectivity index (χ1v) is 11.1. The van der Waals surface area contributed by atoms with Gasteiger partial charge in [-0.2, -0.15) is 0 Å². The summed E-state index contributed by atoms with van der Waals surface area (Å²) in [5.41, 5.74) is 3.47.